The van der Waals surface area contributed by atoms with Crippen LogP contribution in [0.4, 0.5) is 5.13 Å². The van der Waals surface area contributed by atoms with E-state index < -0.39 is 0 Å². The lowest BCUT2D eigenvalue weighted by Crippen LogP contribution is -2.03. The van der Waals surface area contributed by atoms with E-state index in [-0.39, 0.29) is 5.97 Å². The van der Waals surface area contributed by atoms with Gasteiger partial charge in [0.15, 0.2) is 11.5 Å². The van der Waals surface area contributed by atoms with E-state index in [9.17, 15) is 4.79 Å². The Labute approximate surface area is 158 Å². The van der Waals surface area contributed by atoms with Crippen molar-refractivity contribution in [1.82, 2.24) is 4.98 Å². The fraction of sp³-hybridized carbons (Fsp3) is 0.312. The van der Waals surface area contributed by atoms with Gasteiger partial charge in [0.25, 0.3) is 0 Å². The summed E-state index contributed by atoms with van der Waals surface area (Å²) >= 11 is 4.61. The second-order valence-electron chi connectivity index (χ2n) is 4.75. The zero-order valence-corrected chi connectivity index (χ0v) is 16.7. The lowest BCUT2D eigenvalue weighted by Gasteiger charge is -2.10. The largest absolute Gasteiger partial charge is 0.493 e. The van der Waals surface area contributed by atoms with E-state index in [4.69, 9.17) is 14.2 Å². The highest BCUT2D eigenvalue weighted by Crippen LogP contribution is 2.33. The van der Waals surface area contributed by atoms with E-state index in [1.54, 1.807) is 40.3 Å². The third kappa shape index (κ3) is 4.70. The van der Waals surface area contributed by atoms with Crippen molar-refractivity contribution >= 4 is 44.6 Å². The number of carbonyl (C=O) groups excluding carboxylic acids is 1. The zero-order chi connectivity index (χ0) is 18.4. The number of thiazole rings is 1. The van der Waals surface area contributed by atoms with Crippen LogP contribution < -0.4 is 14.9 Å². The van der Waals surface area contributed by atoms with E-state index in [1.165, 1.54) is 11.3 Å². The first-order chi connectivity index (χ1) is 12.0. The Morgan fingerprint density at radius 2 is 2.16 bits per heavy atom. The molecule has 7 nitrogen and oxygen atoms in total. The van der Waals surface area contributed by atoms with Crippen molar-refractivity contribution < 1.29 is 19.0 Å². The Bertz CT molecular complexity index is 792. The normalized spacial score (nSPS) is 10.8. The number of esters is 1. The molecule has 2 aromatic rings. The highest BCUT2D eigenvalue weighted by Gasteiger charge is 2.16. The maximum atomic E-state index is 11.8. The van der Waals surface area contributed by atoms with Crippen LogP contribution in [0.5, 0.6) is 11.5 Å². The number of hydrogen-bond donors (Lipinski definition) is 1. The van der Waals surface area contributed by atoms with E-state index in [2.05, 4.69) is 31.4 Å². The summed E-state index contributed by atoms with van der Waals surface area (Å²) in [5.41, 5.74) is 4.14. The summed E-state index contributed by atoms with van der Waals surface area (Å²) in [4.78, 5) is 16.5. The number of nitrogens with one attached hydrogen (secondary N) is 1. The molecule has 1 aromatic carbocycles. The van der Waals surface area contributed by atoms with Crippen LogP contribution in [0.25, 0.3) is 0 Å². The summed E-state index contributed by atoms with van der Waals surface area (Å²) in [5, 5.41) is 4.66. The molecular formula is C16H18BrN3O4S. The summed E-state index contributed by atoms with van der Waals surface area (Å²) < 4.78 is 16.5. The van der Waals surface area contributed by atoms with Crippen LogP contribution in [-0.4, -0.2) is 38.0 Å². The van der Waals surface area contributed by atoms with Crippen molar-refractivity contribution in [3.8, 4) is 11.5 Å². The fourth-order valence-electron chi connectivity index (χ4n) is 2.04. The molecule has 0 fully saturated rings. The van der Waals surface area contributed by atoms with Gasteiger partial charge in [-0.3, -0.25) is 5.43 Å². The molecule has 9 heteroatoms. The average Bonchev–Trinajstić information content (AvgIpc) is 2.95. The molecule has 0 amide bonds. The number of aromatic nitrogens is 1. The van der Waals surface area contributed by atoms with Crippen LogP contribution >= 0.6 is 27.3 Å². The van der Waals surface area contributed by atoms with E-state index in [1.807, 2.05) is 6.07 Å². The van der Waals surface area contributed by atoms with Crippen molar-refractivity contribution in [2.75, 3.05) is 26.3 Å². The SMILES string of the molecule is CCOC(=O)c1sc(N/N=C\c2cc(Br)cc(OC)c2OC)nc1C. The van der Waals surface area contributed by atoms with Crippen molar-refractivity contribution in [2.24, 2.45) is 5.10 Å². The molecule has 0 saturated carbocycles. The number of hydrazone groups is 1. The van der Waals surface area contributed by atoms with Crippen LogP contribution in [0.1, 0.15) is 27.9 Å². The van der Waals surface area contributed by atoms with Gasteiger partial charge < -0.3 is 14.2 Å². The molecule has 0 atom stereocenters. The number of ether oxygens (including phenoxy) is 3. The quantitative estimate of drug-likeness (QED) is 0.410. The van der Waals surface area contributed by atoms with Gasteiger partial charge in [0.05, 0.1) is 32.7 Å². The minimum absolute atomic E-state index is 0.321. The van der Waals surface area contributed by atoms with Crippen LogP contribution in [-0.2, 0) is 4.74 Å². The summed E-state index contributed by atoms with van der Waals surface area (Å²) in [7, 11) is 3.13. The lowest BCUT2D eigenvalue weighted by atomic mass is 10.2. The molecule has 0 aliphatic carbocycles. The summed E-state index contributed by atoms with van der Waals surface area (Å²) in [6, 6.07) is 3.66. The van der Waals surface area contributed by atoms with E-state index in [0.29, 0.717) is 33.8 Å². The van der Waals surface area contributed by atoms with Crippen molar-refractivity contribution in [2.45, 2.75) is 13.8 Å². The maximum absolute atomic E-state index is 11.8. The van der Waals surface area contributed by atoms with Gasteiger partial charge in [-0.25, -0.2) is 9.78 Å². The molecule has 0 aliphatic heterocycles. The number of hydrogen-bond acceptors (Lipinski definition) is 8. The number of nitrogens with zero attached hydrogens (tertiary/aromatic N) is 2. The monoisotopic (exact) mass is 427 g/mol. The van der Waals surface area contributed by atoms with Crippen molar-refractivity contribution in [1.29, 1.82) is 0 Å². The first-order valence-electron chi connectivity index (χ1n) is 7.35. The Kier molecular flexibility index (Phi) is 6.77. The Balaban J connectivity index is 2.18. The molecule has 1 N–H and O–H groups in total. The second-order valence-corrected chi connectivity index (χ2v) is 6.67. The van der Waals surface area contributed by atoms with Gasteiger partial charge in [-0.2, -0.15) is 5.10 Å². The minimum Gasteiger partial charge on any atom is -0.493 e. The van der Waals surface area contributed by atoms with Gasteiger partial charge in [0, 0.05) is 10.0 Å². The van der Waals surface area contributed by atoms with Crippen molar-refractivity contribution in [3.05, 3.63) is 32.7 Å². The van der Waals surface area contributed by atoms with Gasteiger partial charge in [-0.05, 0) is 26.0 Å². The van der Waals surface area contributed by atoms with E-state index in [0.717, 1.165) is 10.0 Å². The highest BCUT2D eigenvalue weighted by molar-refractivity contribution is 9.10. The molecule has 0 saturated heterocycles. The maximum Gasteiger partial charge on any atom is 0.350 e. The summed E-state index contributed by atoms with van der Waals surface area (Å²) in [5.74, 6) is 0.778. The predicted molar refractivity (Wildman–Crippen MR) is 101 cm³/mol. The molecule has 0 spiro atoms. The number of rotatable bonds is 7. The molecule has 0 bridgehead atoms. The molecule has 0 aliphatic rings. The number of halogens is 1. The van der Waals surface area contributed by atoms with Gasteiger partial charge in [-0.15, -0.1) is 0 Å². The van der Waals surface area contributed by atoms with Crippen LogP contribution in [0.2, 0.25) is 0 Å². The summed E-state index contributed by atoms with van der Waals surface area (Å²) in [6.45, 7) is 3.83. The zero-order valence-electron chi connectivity index (χ0n) is 14.3. The van der Waals surface area contributed by atoms with Crippen LogP contribution in [0, 0.1) is 6.92 Å². The minimum atomic E-state index is -0.382. The van der Waals surface area contributed by atoms with Crippen LogP contribution in [0.15, 0.2) is 21.7 Å². The molecule has 134 valence electrons. The summed E-state index contributed by atoms with van der Waals surface area (Å²) in [6.07, 6.45) is 1.59. The van der Waals surface area contributed by atoms with Crippen molar-refractivity contribution in [3.63, 3.8) is 0 Å². The smallest absolute Gasteiger partial charge is 0.350 e. The molecule has 1 aromatic heterocycles. The number of aryl methyl sites for hydroxylation is 1. The first-order valence-corrected chi connectivity index (χ1v) is 8.96. The van der Waals surface area contributed by atoms with Gasteiger partial charge >= 0.3 is 5.97 Å². The van der Waals surface area contributed by atoms with Gasteiger partial charge in [0.2, 0.25) is 5.13 Å². The standard InChI is InChI=1S/C16H18BrN3O4S/c1-5-24-15(21)14-9(2)19-16(25-14)20-18-8-10-6-11(17)7-12(22-3)13(10)23-4/h6-8H,5H2,1-4H3,(H,19,20)/b18-8-. The molecule has 0 radical (unpaired) electrons. The lowest BCUT2D eigenvalue weighted by molar-refractivity contribution is 0.0531. The number of benzene rings is 1. The third-order valence-electron chi connectivity index (χ3n) is 3.09. The molecule has 2 rings (SSSR count). The van der Waals surface area contributed by atoms with Crippen LogP contribution in [0.3, 0.4) is 0 Å². The van der Waals surface area contributed by atoms with Gasteiger partial charge in [0.1, 0.15) is 4.88 Å². The Morgan fingerprint density at radius 1 is 1.40 bits per heavy atom. The fourth-order valence-corrected chi connectivity index (χ4v) is 3.31. The topological polar surface area (TPSA) is 82.0 Å². The van der Waals surface area contributed by atoms with E-state index >= 15 is 0 Å². The predicted octanol–water partition coefficient (Wildman–Crippen LogP) is 3.85. The second kappa shape index (κ2) is 8.82. The Hall–Kier alpha value is -2.13. The number of anilines is 1. The molecule has 1 heterocycles. The molecular weight excluding hydrogens is 410 g/mol. The number of carbonyl (C=O) groups is 1. The molecule has 25 heavy (non-hydrogen) atoms. The number of methoxy groups -OCH3 is 2. The highest BCUT2D eigenvalue weighted by atomic mass is 79.9. The average molecular weight is 428 g/mol. The third-order valence-corrected chi connectivity index (χ3v) is 4.59. The van der Waals surface area contributed by atoms with Gasteiger partial charge in [-0.1, -0.05) is 27.3 Å². The molecule has 0 unspecified atom stereocenters. The Morgan fingerprint density at radius 3 is 2.80 bits per heavy atom. The first kappa shape index (κ1) is 19.2.